The SMILES string of the molecule is N[C@H](CO)c1cc2cccc(O)c2[nH]1. The molecular formula is C10H12N2O2. The van der Waals surface area contributed by atoms with Gasteiger partial charge in [0.1, 0.15) is 5.75 Å². The van der Waals surface area contributed by atoms with Crippen LogP contribution >= 0.6 is 0 Å². The normalized spacial score (nSPS) is 13.3. The fourth-order valence-electron chi connectivity index (χ4n) is 1.46. The zero-order valence-corrected chi connectivity index (χ0v) is 7.57. The number of phenols is 1. The van der Waals surface area contributed by atoms with E-state index in [-0.39, 0.29) is 12.4 Å². The third-order valence-electron chi connectivity index (χ3n) is 2.25. The molecule has 0 spiro atoms. The number of benzene rings is 1. The molecule has 1 aromatic carbocycles. The predicted molar refractivity (Wildman–Crippen MR) is 54.0 cm³/mol. The molecule has 14 heavy (non-hydrogen) atoms. The highest BCUT2D eigenvalue weighted by molar-refractivity contribution is 5.85. The van der Waals surface area contributed by atoms with Crippen molar-refractivity contribution in [2.75, 3.05) is 6.61 Å². The van der Waals surface area contributed by atoms with Crippen LogP contribution in [-0.2, 0) is 0 Å². The first-order chi connectivity index (χ1) is 6.72. The minimum atomic E-state index is -0.429. The van der Waals surface area contributed by atoms with Gasteiger partial charge in [0.25, 0.3) is 0 Å². The van der Waals surface area contributed by atoms with Crippen LogP contribution in [0.2, 0.25) is 0 Å². The first-order valence-electron chi connectivity index (χ1n) is 4.39. The van der Waals surface area contributed by atoms with E-state index in [4.69, 9.17) is 10.8 Å². The molecular weight excluding hydrogens is 180 g/mol. The van der Waals surface area contributed by atoms with Gasteiger partial charge in [-0.25, -0.2) is 0 Å². The zero-order valence-electron chi connectivity index (χ0n) is 7.57. The van der Waals surface area contributed by atoms with E-state index in [2.05, 4.69) is 4.98 Å². The number of hydrogen-bond donors (Lipinski definition) is 4. The summed E-state index contributed by atoms with van der Waals surface area (Å²) < 4.78 is 0. The number of aromatic amines is 1. The maximum Gasteiger partial charge on any atom is 0.139 e. The number of hydrogen-bond acceptors (Lipinski definition) is 3. The van der Waals surface area contributed by atoms with Gasteiger partial charge in [0.05, 0.1) is 18.2 Å². The summed E-state index contributed by atoms with van der Waals surface area (Å²) in [5.41, 5.74) is 7.03. The summed E-state index contributed by atoms with van der Waals surface area (Å²) in [6, 6.07) is 6.64. The van der Waals surface area contributed by atoms with Gasteiger partial charge in [0.2, 0.25) is 0 Å². The summed E-state index contributed by atoms with van der Waals surface area (Å²) in [6.07, 6.45) is 0. The van der Waals surface area contributed by atoms with E-state index in [0.29, 0.717) is 5.52 Å². The second kappa shape index (κ2) is 3.32. The van der Waals surface area contributed by atoms with E-state index in [1.165, 1.54) is 0 Å². The Bertz CT molecular complexity index is 450. The summed E-state index contributed by atoms with van der Waals surface area (Å²) in [4.78, 5) is 2.98. The molecule has 74 valence electrons. The molecule has 0 fully saturated rings. The van der Waals surface area contributed by atoms with Gasteiger partial charge >= 0.3 is 0 Å². The van der Waals surface area contributed by atoms with Crippen LogP contribution in [0, 0.1) is 0 Å². The maximum absolute atomic E-state index is 9.50. The number of aliphatic hydroxyl groups is 1. The molecule has 4 heteroatoms. The Kier molecular flexibility index (Phi) is 2.15. The third-order valence-corrected chi connectivity index (χ3v) is 2.25. The van der Waals surface area contributed by atoms with Crippen molar-refractivity contribution in [2.45, 2.75) is 6.04 Å². The van der Waals surface area contributed by atoms with E-state index in [1.54, 1.807) is 12.1 Å². The summed E-state index contributed by atoms with van der Waals surface area (Å²) in [5, 5.41) is 19.3. The summed E-state index contributed by atoms with van der Waals surface area (Å²) in [7, 11) is 0. The van der Waals surface area contributed by atoms with Crippen molar-refractivity contribution in [1.29, 1.82) is 0 Å². The van der Waals surface area contributed by atoms with Gasteiger partial charge in [-0.2, -0.15) is 0 Å². The van der Waals surface area contributed by atoms with E-state index >= 15 is 0 Å². The molecule has 0 saturated heterocycles. The number of rotatable bonds is 2. The number of nitrogens with one attached hydrogen (secondary N) is 1. The Labute approximate surface area is 81.0 Å². The number of aromatic hydroxyl groups is 1. The van der Waals surface area contributed by atoms with Crippen LogP contribution in [0.25, 0.3) is 10.9 Å². The monoisotopic (exact) mass is 192 g/mol. The van der Waals surface area contributed by atoms with Crippen LogP contribution in [0.3, 0.4) is 0 Å². The molecule has 0 aliphatic heterocycles. The lowest BCUT2D eigenvalue weighted by atomic mass is 10.2. The van der Waals surface area contributed by atoms with Gasteiger partial charge < -0.3 is 20.9 Å². The second-order valence-corrected chi connectivity index (χ2v) is 3.26. The Morgan fingerprint density at radius 3 is 2.86 bits per heavy atom. The van der Waals surface area contributed by atoms with Crippen LogP contribution < -0.4 is 5.73 Å². The number of para-hydroxylation sites is 1. The van der Waals surface area contributed by atoms with Crippen LogP contribution in [0.5, 0.6) is 5.75 Å². The van der Waals surface area contributed by atoms with Crippen molar-refractivity contribution in [3.8, 4) is 5.75 Å². The smallest absolute Gasteiger partial charge is 0.139 e. The highest BCUT2D eigenvalue weighted by atomic mass is 16.3. The molecule has 0 radical (unpaired) electrons. The Hall–Kier alpha value is -1.52. The largest absolute Gasteiger partial charge is 0.506 e. The van der Waals surface area contributed by atoms with E-state index in [9.17, 15) is 5.11 Å². The van der Waals surface area contributed by atoms with Crippen molar-refractivity contribution >= 4 is 10.9 Å². The fourth-order valence-corrected chi connectivity index (χ4v) is 1.46. The summed E-state index contributed by atoms with van der Waals surface area (Å²) in [6.45, 7) is -0.117. The van der Waals surface area contributed by atoms with Crippen molar-refractivity contribution in [2.24, 2.45) is 5.73 Å². The minimum Gasteiger partial charge on any atom is -0.506 e. The fraction of sp³-hybridized carbons (Fsp3) is 0.200. The van der Waals surface area contributed by atoms with Crippen LogP contribution in [0.15, 0.2) is 24.3 Å². The summed E-state index contributed by atoms with van der Waals surface area (Å²) >= 11 is 0. The maximum atomic E-state index is 9.50. The van der Waals surface area contributed by atoms with E-state index in [1.807, 2.05) is 12.1 Å². The zero-order chi connectivity index (χ0) is 10.1. The number of aliphatic hydroxyl groups excluding tert-OH is 1. The highest BCUT2D eigenvalue weighted by Crippen LogP contribution is 2.25. The topological polar surface area (TPSA) is 82.3 Å². The lowest BCUT2D eigenvalue weighted by molar-refractivity contribution is 0.266. The number of nitrogens with two attached hydrogens (primary N) is 1. The lowest BCUT2D eigenvalue weighted by Crippen LogP contribution is -2.14. The number of phenolic OH excluding ortho intramolecular Hbond substituents is 1. The van der Waals surface area contributed by atoms with Gasteiger partial charge in [-0.05, 0) is 12.1 Å². The summed E-state index contributed by atoms with van der Waals surface area (Å²) in [5.74, 6) is 0.193. The van der Waals surface area contributed by atoms with Gasteiger partial charge in [-0.15, -0.1) is 0 Å². The molecule has 4 nitrogen and oxygen atoms in total. The van der Waals surface area contributed by atoms with Gasteiger partial charge in [-0.1, -0.05) is 12.1 Å². The highest BCUT2D eigenvalue weighted by Gasteiger charge is 2.09. The average molecular weight is 192 g/mol. The molecule has 0 aliphatic rings. The Balaban J connectivity index is 2.56. The molecule has 0 unspecified atom stereocenters. The Morgan fingerprint density at radius 1 is 1.43 bits per heavy atom. The minimum absolute atomic E-state index is 0.117. The number of aromatic nitrogens is 1. The molecule has 2 rings (SSSR count). The molecule has 0 amide bonds. The molecule has 2 aromatic rings. The molecule has 1 heterocycles. The predicted octanol–water partition coefficient (Wildman–Crippen LogP) is 0.866. The van der Waals surface area contributed by atoms with Crippen LogP contribution in [0.1, 0.15) is 11.7 Å². The van der Waals surface area contributed by atoms with Crippen molar-refractivity contribution < 1.29 is 10.2 Å². The third kappa shape index (κ3) is 1.34. The van der Waals surface area contributed by atoms with Crippen LogP contribution in [-0.4, -0.2) is 21.8 Å². The molecule has 1 atom stereocenters. The molecule has 5 N–H and O–H groups in total. The lowest BCUT2D eigenvalue weighted by Gasteiger charge is -2.03. The molecule has 0 saturated carbocycles. The Morgan fingerprint density at radius 2 is 2.21 bits per heavy atom. The van der Waals surface area contributed by atoms with Crippen molar-refractivity contribution in [3.05, 3.63) is 30.0 Å². The molecule has 1 aromatic heterocycles. The van der Waals surface area contributed by atoms with Crippen LogP contribution in [0.4, 0.5) is 0 Å². The molecule has 0 bridgehead atoms. The number of fused-ring (bicyclic) bond motifs is 1. The van der Waals surface area contributed by atoms with Gasteiger partial charge in [-0.3, -0.25) is 0 Å². The average Bonchev–Trinajstić information content (AvgIpc) is 2.62. The quantitative estimate of drug-likeness (QED) is 0.569. The van der Waals surface area contributed by atoms with E-state index < -0.39 is 6.04 Å². The standard InChI is InChI=1S/C10H12N2O2/c11-7(5-13)8-4-6-2-1-3-9(14)10(6)12-8/h1-4,7,12-14H,5,11H2/t7-/m1/s1. The van der Waals surface area contributed by atoms with Gasteiger partial charge in [0, 0.05) is 11.1 Å². The second-order valence-electron chi connectivity index (χ2n) is 3.26. The molecule has 0 aliphatic carbocycles. The number of H-pyrrole nitrogens is 1. The first-order valence-corrected chi connectivity index (χ1v) is 4.39. The van der Waals surface area contributed by atoms with Crippen molar-refractivity contribution in [3.63, 3.8) is 0 Å². The first kappa shape index (κ1) is 9.05. The van der Waals surface area contributed by atoms with E-state index in [0.717, 1.165) is 11.1 Å². The van der Waals surface area contributed by atoms with Crippen molar-refractivity contribution in [1.82, 2.24) is 4.98 Å². The van der Waals surface area contributed by atoms with Gasteiger partial charge in [0.15, 0.2) is 0 Å².